The molecule has 6 nitrogen and oxygen atoms in total. The van der Waals surface area contributed by atoms with Crippen molar-refractivity contribution in [1.29, 1.82) is 0 Å². The van der Waals surface area contributed by atoms with Crippen LogP contribution in [0.15, 0.2) is 24.3 Å². The zero-order valence-electron chi connectivity index (χ0n) is 38.1. The van der Waals surface area contributed by atoms with Crippen LogP contribution >= 0.6 is 0 Å². The van der Waals surface area contributed by atoms with Crippen LogP contribution in [-0.2, 0) is 28.6 Å². The number of allylic oxidation sites excluding steroid dienone is 4. The minimum absolute atomic E-state index is 0.0727. The molecule has 0 aliphatic rings. The van der Waals surface area contributed by atoms with Crippen molar-refractivity contribution in [2.24, 2.45) is 0 Å². The van der Waals surface area contributed by atoms with Crippen LogP contribution in [0, 0.1) is 0 Å². The van der Waals surface area contributed by atoms with Crippen molar-refractivity contribution < 1.29 is 28.6 Å². The Hall–Kier alpha value is -2.11. The van der Waals surface area contributed by atoms with Crippen LogP contribution in [0.25, 0.3) is 0 Å². The molecule has 0 aliphatic heterocycles. The molecule has 0 spiro atoms. The maximum atomic E-state index is 12.7. The van der Waals surface area contributed by atoms with Crippen LogP contribution in [0.5, 0.6) is 0 Å². The van der Waals surface area contributed by atoms with Gasteiger partial charge in [-0.3, -0.25) is 14.4 Å². The fourth-order valence-electron chi connectivity index (χ4n) is 7.14. The number of hydrogen-bond acceptors (Lipinski definition) is 6. The molecule has 0 fully saturated rings. The fourth-order valence-corrected chi connectivity index (χ4v) is 7.14. The number of ether oxygens (including phenoxy) is 3. The Kier molecular flexibility index (Phi) is 44.9. The van der Waals surface area contributed by atoms with Crippen molar-refractivity contribution >= 4 is 17.9 Å². The van der Waals surface area contributed by atoms with Gasteiger partial charge in [-0.2, -0.15) is 0 Å². The highest BCUT2D eigenvalue weighted by Crippen LogP contribution is 2.15. The molecule has 334 valence electrons. The molecule has 6 heteroatoms. The van der Waals surface area contributed by atoms with E-state index < -0.39 is 6.10 Å². The largest absolute Gasteiger partial charge is 0.462 e. The van der Waals surface area contributed by atoms with E-state index in [1.165, 1.54) is 161 Å². The molecule has 0 aromatic heterocycles. The Balaban J connectivity index is 4.35. The Bertz CT molecular complexity index is 927. The van der Waals surface area contributed by atoms with E-state index in [1.54, 1.807) is 0 Å². The molecule has 0 aliphatic carbocycles. The third kappa shape index (κ3) is 44.8. The summed E-state index contributed by atoms with van der Waals surface area (Å²) in [6, 6.07) is 0. The normalized spacial score (nSPS) is 12.1. The molecular formula is C51H94O6. The summed E-state index contributed by atoms with van der Waals surface area (Å²) in [5.41, 5.74) is 0. The maximum absolute atomic E-state index is 12.7. The molecule has 0 amide bonds. The highest BCUT2D eigenvalue weighted by molar-refractivity contribution is 5.71. The van der Waals surface area contributed by atoms with E-state index in [0.29, 0.717) is 19.3 Å². The number of hydrogen-bond donors (Lipinski definition) is 0. The molecule has 0 unspecified atom stereocenters. The van der Waals surface area contributed by atoms with E-state index in [9.17, 15) is 14.4 Å². The Morgan fingerprint density at radius 1 is 0.333 bits per heavy atom. The lowest BCUT2D eigenvalue weighted by Gasteiger charge is -2.18. The fraction of sp³-hybridized carbons (Fsp3) is 0.863. The lowest BCUT2D eigenvalue weighted by atomic mass is 10.1. The topological polar surface area (TPSA) is 78.9 Å². The van der Waals surface area contributed by atoms with E-state index in [-0.39, 0.29) is 31.1 Å². The van der Waals surface area contributed by atoms with Crippen LogP contribution in [0.3, 0.4) is 0 Å². The quantitative estimate of drug-likeness (QED) is 0.0264. The Labute approximate surface area is 353 Å². The molecule has 0 N–H and O–H groups in total. The van der Waals surface area contributed by atoms with Crippen molar-refractivity contribution in [1.82, 2.24) is 0 Å². The zero-order valence-corrected chi connectivity index (χ0v) is 38.1. The first-order valence-corrected chi connectivity index (χ1v) is 24.8. The van der Waals surface area contributed by atoms with Crippen LogP contribution in [0.4, 0.5) is 0 Å². The van der Waals surface area contributed by atoms with E-state index >= 15 is 0 Å². The minimum Gasteiger partial charge on any atom is -0.462 e. The van der Waals surface area contributed by atoms with Crippen molar-refractivity contribution in [3.8, 4) is 0 Å². The summed E-state index contributed by atoms with van der Waals surface area (Å²) < 4.78 is 16.8. The second-order valence-electron chi connectivity index (χ2n) is 16.7. The molecule has 57 heavy (non-hydrogen) atoms. The van der Waals surface area contributed by atoms with Crippen LogP contribution in [0.1, 0.15) is 265 Å². The van der Waals surface area contributed by atoms with Crippen LogP contribution in [0.2, 0.25) is 0 Å². The molecule has 0 rings (SSSR count). The Morgan fingerprint density at radius 2 is 0.579 bits per heavy atom. The average Bonchev–Trinajstić information content (AvgIpc) is 3.21. The van der Waals surface area contributed by atoms with Crippen molar-refractivity contribution in [2.75, 3.05) is 13.2 Å². The van der Waals surface area contributed by atoms with E-state index in [1.807, 2.05) is 0 Å². The van der Waals surface area contributed by atoms with Gasteiger partial charge in [0.25, 0.3) is 0 Å². The van der Waals surface area contributed by atoms with E-state index in [4.69, 9.17) is 14.2 Å². The number of unbranched alkanes of at least 4 members (excludes halogenated alkanes) is 30. The van der Waals surface area contributed by atoms with Gasteiger partial charge >= 0.3 is 17.9 Å². The van der Waals surface area contributed by atoms with Crippen LogP contribution in [-0.4, -0.2) is 37.2 Å². The first-order valence-electron chi connectivity index (χ1n) is 24.8. The van der Waals surface area contributed by atoms with E-state index in [2.05, 4.69) is 45.1 Å². The third-order valence-corrected chi connectivity index (χ3v) is 10.9. The number of carbonyl (C=O) groups is 3. The Morgan fingerprint density at radius 3 is 0.895 bits per heavy atom. The number of carbonyl (C=O) groups excluding carboxylic acids is 3. The van der Waals surface area contributed by atoms with Gasteiger partial charge in [0.2, 0.25) is 0 Å². The zero-order chi connectivity index (χ0) is 41.5. The first kappa shape index (κ1) is 54.9. The van der Waals surface area contributed by atoms with Gasteiger partial charge in [0.1, 0.15) is 13.2 Å². The lowest BCUT2D eigenvalue weighted by Crippen LogP contribution is -2.30. The predicted octanol–water partition coefficient (Wildman–Crippen LogP) is 16.0. The summed E-state index contributed by atoms with van der Waals surface area (Å²) in [4.78, 5) is 37.8. The highest BCUT2D eigenvalue weighted by Gasteiger charge is 2.19. The summed E-state index contributed by atoms with van der Waals surface area (Å²) in [7, 11) is 0. The van der Waals surface area contributed by atoms with Gasteiger partial charge in [-0.1, -0.05) is 199 Å². The molecule has 0 heterocycles. The van der Waals surface area contributed by atoms with Gasteiger partial charge in [-0.05, 0) is 70.6 Å². The molecular weight excluding hydrogens is 709 g/mol. The summed E-state index contributed by atoms with van der Waals surface area (Å²) in [6.45, 7) is 6.61. The van der Waals surface area contributed by atoms with Gasteiger partial charge in [0, 0.05) is 19.3 Å². The monoisotopic (exact) mass is 803 g/mol. The minimum atomic E-state index is -0.771. The highest BCUT2D eigenvalue weighted by atomic mass is 16.6. The SMILES string of the molecule is CCCCCC/C=C\CCCCCCCCCC(=O)OC[C@H](COC(=O)CCCCCCCCCCCCC)OC(=O)CCCCCCC/C=C\CCCCCC. The van der Waals surface area contributed by atoms with Crippen molar-refractivity contribution in [2.45, 2.75) is 271 Å². The summed E-state index contributed by atoms with van der Waals surface area (Å²) in [5, 5.41) is 0. The lowest BCUT2D eigenvalue weighted by molar-refractivity contribution is -0.167. The smallest absolute Gasteiger partial charge is 0.306 e. The first-order chi connectivity index (χ1) is 28.0. The number of esters is 3. The van der Waals surface area contributed by atoms with Crippen molar-refractivity contribution in [3.05, 3.63) is 24.3 Å². The summed E-state index contributed by atoms with van der Waals surface area (Å²) >= 11 is 0. The van der Waals surface area contributed by atoms with Crippen LogP contribution < -0.4 is 0 Å². The third-order valence-electron chi connectivity index (χ3n) is 10.9. The van der Waals surface area contributed by atoms with Gasteiger partial charge in [0.05, 0.1) is 0 Å². The summed E-state index contributed by atoms with van der Waals surface area (Å²) in [6.07, 6.45) is 51.5. The predicted molar refractivity (Wildman–Crippen MR) is 243 cm³/mol. The molecule has 0 saturated heterocycles. The second-order valence-corrected chi connectivity index (χ2v) is 16.7. The molecule has 0 radical (unpaired) electrons. The molecule has 0 aromatic carbocycles. The standard InChI is InChI=1S/C51H94O6/c1-4-7-10-13-16-19-22-24-25-27-29-32-35-38-41-44-50(53)56-47-48(46-55-49(52)43-40-37-34-31-28-21-18-15-12-9-6-3)57-51(54)45-42-39-36-33-30-26-23-20-17-14-11-8-5-2/h19-20,22-23,48H,4-18,21,24-47H2,1-3H3/b22-19-,23-20-/t48-/m0/s1. The molecule has 1 atom stereocenters. The maximum Gasteiger partial charge on any atom is 0.306 e. The summed E-state index contributed by atoms with van der Waals surface area (Å²) in [5.74, 6) is -0.878. The molecule has 0 bridgehead atoms. The second kappa shape index (κ2) is 46.6. The van der Waals surface area contributed by atoms with Crippen molar-refractivity contribution in [3.63, 3.8) is 0 Å². The molecule has 0 aromatic rings. The molecule has 0 saturated carbocycles. The average molecular weight is 803 g/mol. The van der Waals surface area contributed by atoms with Gasteiger partial charge in [-0.25, -0.2) is 0 Å². The van der Waals surface area contributed by atoms with Gasteiger partial charge in [0.15, 0.2) is 6.10 Å². The van der Waals surface area contributed by atoms with Gasteiger partial charge in [-0.15, -0.1) is 0 Å². The van der Waals surface area contributed by atoms with E-state index in [0.717, 1.165) is 64.2 Å². The van der Waals surface area contributed by atoms with Gasteiger partial charge < -0.3 is 14.2 Å². The number of rotatable bonds is 45.